The molecule has 0 saturated carbocycles. The van der Waals surface area contributed by atoms with Crippen LogP contribution in [0, 0.1) is 6.92 Å². The van der Waals surface area contributed by atoms with Gasteiger partial charge < -0.3 is 14.8 Å². The van der Waals surface area contributed by atoms with Gasteiger partial charge in [-0.1, -0.05) is 18.2 Å². The van der Waals surface area contributed by atoms with Crippen LogP contribution in [0.5, 0.6) is 5.75 Å². The molecule has 1 aliphatic rings. The molecule has 0 atom stereocenters. The molecule has 0 radical (unpaired) electrons. The first-order valence-electron chi connectivity index (χ1n) is 9.95. The van der Waals surface area contributed by atoms with E-state index in [1.165, 1.54) is 0 Å². The third kappa shape index (κ3) is 6.32. The van der Waals surface area contributed by atoms with E-state index in [2.05, 4.69) is 21.3 Å². The second-order valence-corrected chi connectivity index (χ2v) is 6.97. The lowest BCUT2D eigenvalue weighted by Gasteiger charge is -2.22. The highest BCUT2D eigenvalue weighted by molar-refractivity contribution is 5.96. The maximum absolute atomic E-state index is 12.4. The number of carbonyl (C=O) groups is 1. The summed E-state index contributed by atoms with van der Waals surface area (Å²) in [6.07, 6.45) is 2.04. The van der Waals surface area contributed by atoms with Crippen molar-refractivity contribution < 1.29 is 14.3 Å². The Morgan fingerprint density at radius 2 is 1.93 bits per heavy atom. The normalized spacial score (nSPS) is 17.5. The molecule has 1 aromatic heterocycles. The van der Waals surface area contributed by atoms with E-state index in [0.29, 0.717) is 37.7 Å². The van der Waals surface area contributed by atoms with Crippen molar-refractivity contribution in [1.82, 2.24) is 15.2 Å². The number of para-hydroxylation sites is 1. The van der Waals surface area contributed by atoms with E-state index in [-0.39, 0.29) is 5.91 Å². The third-order valence-electron chi connectivity index (χ3n) is 4.67. The number of hydrogen-bond acceptors (Lipinski definition) is 5. The predicted octanol–water partition coefficient (Wildman–Crippen LogP) is 2.81. The van der Waals surface area contributed by atoms with Crippen molar-refractivity contribution in [2.75, 3.05) is 39.5 Å². The zero-order chi connectivity index (χ0) is 19.6. The molecule has 28 heavy (non-hydrogen) atoms. The van der Waals surface area contributed by atoms with Crippen LogP contribution in [0.2, 0.25) is 0 Å². The summed E-state index contributed by atoms with van der Waals surface area (Å²) in [5.41, 5.74) is 2.65. The minimum Gasteiger partial charge on any atom is -0.491 e. The number of aromatic nitrogens is 1. The second kappa shape index (κ2) is 10.8. The molecule has 0 aliphatic carbocycles. The molecule has 6 nitrogen and oxygen atoms in total. The summed E-state index contributed by atoms with van der Waals surface area (Å²) in [5.74, 6) is 0.485. The lowest BCUT2D eigenvalue weighted by Crippen LogP contribution is -2.30. The smallest absolute Gasteiger partial charge is 0.255 e. The topological polar surface area (TPSA) is 63.7 Å². The summed E-state index contributed by atoms with van der Waals surface area (Å²) in [7, 11) is 0. The Morgan fingerprint density at radius 1 is 1.04 bits per heavy atom. The number of nitrogens with zero attached hydrogens (tertiary/aromatic N) is 2. The van der Waals surface area contributed by atoms with Gasteiger partial charge in [0.2, 0.25) is 0 Å². The second-order valence-electron chi connectivity index (χ2n) is 6.97. The zero-order valence-electron chi connectivity index (χ0n) is 16.5. The minimum absolute atomic E-state index is 0.130. The molecule has 1 aliphatic heterocycles. The maximum atomic E-state index is 12.4. The first-order chi connectivity index (χ1) is 13.7. The zero-order valence-corrected chi connectivity index (χ0v) is 16.5. The fraction of sp³-hybridized carbons (Fsp3) is 0.455. The molecular weight excluding hydrogens is 354 g/mol. The summed E-state index contributed by atoms with van der Waals surface area (Å²) >= 11 is 0. The number of rotatable bonds is 2. The average molecular weight is 383 g/mol. The molecule has 150 valence electrons. The van der Waals surface area contributed by atoms with Crippen LogP contribution in [0.3, 0.4) is 0 Å². The molecule has 3 rings (SSSR count). The van der Waals surface area contributed by atoms with Crippen molar-refractivity contribution in [3.63, 3.8) is 0 Å². The lowest BCUT2D eigenvalue weighted by molar-refractivity contribution is 0.0909. The molecule has 1 amide bonds. The van der Waals surface area contributed by atoms with Crippen LogP contribution in [-0.4, -0.2) is 55.2 Å². The van der Waals surface area contributed by atoms with E-state index in [1.54, 1.807) is 6.07 Å². The number of pyridine rings is 1. The van der Waals surface area contributed by atoms with E-state index in [0.717, 1.165) is 43.9 Å². The first kappa shape index (κ1) is 20.3. The summed E-state index contributed by atoms with van der Waals surface area (Å²) in [6, 6.07) is 13.5. The molecule has 0 saturated heterocycles. The van der Waals surface area contributed by atoms with E-state index in [9.17, 15) is 4.79 Å². The van der Waals surface area contributed by atoms with Crippen LogP contribution in [-0.2, 0) is 11.3 Å². The van der Waals surface area contributed by atoms with E-state index in [1.807, 2.05) is 37.3 Å². The Hall–Kier alpha value is -2.44. The highest BCUT2D eigenvalue weighted by atomic mass is 16.5. The molecule has 0 spiro atoms. The van der Waals surface area contributed by atoms with E-state index < -0.39 is 0 Å². The van der Waals surface area contributed by atoms with Gasteiger partial charge in [0.25, 0.3) is 5.91 Å². The van der Waals surface area contributed by atoms with Gasteiger partial charge in [-0.05, 0) is 50.6 Å². The maximum Gasteiger partial charge on any atom is 0.255 e. The van der Waals surface area contributed by atoms with Crippen LogP contribution in [0.15, 0.2) is 42.5 Å². The molecule has 0 unspecified atom stereocenters. The number of amides is 1. The van der Waals surface area contributed by atoms with Crippen LogP contribution in [0.25, 0.3) is 0 Å². The quantitative estimate of drug-likeness (QED) is 0.864. The fourth-order valence-corrected chi connectivity index (χ4v) is 3.22. The van der Waals surface area contributed by atoms with Gasteiger partial charge in [-0.25, -0.2) is 0 Å². The lowest BCUT2D eigenvalue weighted by atomic mass is 10.2. The third-order valence-corrected chi connectivity index (χ3v) is 4.67. The minimum atomic E-state index is -0.130. The van der Waals surface area contributed by atoms with Crippen molar-refractivity contribution >= 4 is 5.91 Å². The fourth-order valence-electron chi connectivity index (χ4n) is 3.22. The highest BCUT2D eigenvalue weighted by Gasteiger charge is 2.13. The molecule has 2 heterocycles. The standard InChI is InChI=1S/C22H29N3O3/c1-18-7-6-8-19(24-18)17-25-12-4-5-14-27-15-11-23-22(26)20-9-2-3-10-21(20)28-16-13-25/h2-3,6-10H,4-5,11-17H2,1H3,(H,23,26). The van der Waals surface area contributed by atoms with Crippen LogP contribution in [0.1, 0.15) is 34.6 Å². The molecule has 0 bridgehead atoms. The number of hydrogen-bond donors (Lipinski definition) is 1. The van der Waals surface area contributed by atoms with Gasteiger partial charge >= 0.3 is 0 Å². The van der Waals surface area contributed by atoms with Crippen molar-refractivity contribution in [2.24, 2.45) is 0 Å². The number of aryl methyl sites for hydroxylation is 1. The van der Waals surface area contributed by atoms with Crippen molar-refractivity contribution in [1.29, 1.82) is 0 Å². The Bertz CT molecular complexity index is 766. The SMILES string of the molecule is Cc1cccc(CN2CCCCOCCNC(=O)c3ccccc3OCC2)n1. The van der Waals surface area contributed by atoms with Crippen LogP contribution >= 0.6 is 0 Å². The predicted molar refractivity (Wildman–Crippen MR) is 109 cm³/mol. The molecule has 1 N–H and O–H groups in total. The Balaban J connectivity index is 1.68. The van der Waals surface area contributed by atoms with E-state index in [4.69, 9.17) is 9.47 Å². The number of nitrogens with one attached hydrogen (secondary N) is 1. The van der Waals surface area contributed by atoms with Crippen molar-refractivity contribution in [3.05, 3.63) is 59.4 Å². The molecular formula is C22H29N3O3. The van der Waals surface area contributed by atoms with Gasteiger partial charge in [-0.15, -0.1) is 0 Å². The Morgan fingerprint density at radius 3 is 2.82 bits per heavy atom. The summed E-state index contributed by atoms with van der Waals surface area (Å²) < 4.78 is 11.6. The van der Waals surface area contributed by atoms with Gasteiger partial charge in [0.1, 0.15) is 12.4 Å². The number of ether oxygens (including phenoxy) is 2. The molecule has 1 aromatic carbocycles. The van der Waals surface area contributed by atoms with Crippen molar-refractivity contribution in [2.45, 2.75) is 26.3 Å². The van der Waals surface area contributed by atoms with E-state index >= 15 is 0 Å². The van der Waals surface area contributed by atoms with Crippen LogP contribution < -0.4 is 10.1 Å². The largest absolute Gasteiger partial charge is 0.491 e. The average Bonchev–Trinajstić information content (AvgIpc) is 2.70. The molecule has 0 fully saturated rings. The highest BCUT2D eigenvalue weighted by Crippen LogP contribution is 2.18. The summed E-state index contributed by atoms with van der Waals surface area (Å²) in [4.78, 5) is 19.4. The monoisotopic (exact) mass is 383 g/mol. The van der Waals surface area contributed by atoms with Crippen molar-refractivity contribution in [3.8, 4) is 5.75 Å². The number of benzene rings is 1. The van der Waals surface area contributed by atoms with Gasteiger partial charge in [0, 0.05) is 31.9 Å². The van der Waals surface area contributed by atoms with Gasteiger partial charge in [-0.2, -0.15) is 0 Å². The molecule has 6 heteroatoms. The summed E-state index contributed by atoms with van der Waals surface area (Å²) in [6.45, 7) is 6.77. The van der Waals surface area contributed by atoms with Gasteiger partial charge in [0.05, 0.1) is 17.9 Å². The number of fused-ring (bicyclic) bond motifs is 1. The first-order valence-corrected chi connectivity index (χ1v) is 9.95. The Kier molecular flexibility index (Phi) is 7.82. The number of carbonyl (C=O) groups excluding carboxylic acids is 1. The summed E-state index contributed by atoms with van der Waals surface area (Å²) in [5, 5.41) is 2.89. The van der Waals surface area contributed by atoms with Gasteiger partial charge in [-0.3, -0.25) is 14.7 Å². The van der Waals surface area contributed by atoms with Gasteiger partial charge in [0.15, 0.2) is 0 Å². The molecule has 2 aromatic rings. The Labute approximate surface area is 166 Å². The van der Waals surface area contributed by atoms with Crippen LogP contribution in [0.4, 0.5) is 0 Å².